The van der Waals surface area contributed by atoms with Crippen molar-refractivity contribution >= 4 is 11.3 Å². The summed E-state index contributed by atoms with van der Waals surface area (Å²) in [6, 6.07) is 0. The standard InChI is InChI=1S/C15H24N2S/c1-15(2)7-5-11(6-8-15)14-17-13(10-3-4-10)12(9-16)18-14/h10-11H,3-9,16H2,1-2H3. The first-order valence-corrected chi connectivity index (χ1v) is 8.10. The Balaban J connectivity index is 1.76. The average molecular weight is 264 g/mol. The predicted octanol–water partition coefficient (Wildman–Crippen LogP) is 4.16. The van der Waals surface area contributed by atoms with E-state index in [4.69, 9.17) is 10.7 Å². The molecule has 2 aliphatic carbocycles. The van der Waals surface area contributed by atoms with Gasteiger partial charge in [0.1, 0.15) is 0 Å². The molecule has 0 atom stereocenters. The Morgan fingerprint density at radius 2 is 1.83 bits per heavy atom. The van der Waals surface area contributed by atoms with E-state index in [1.54, 1.807) is 0 Å². The Labute approximate surface area is 114 Å². The monoisotopic (exact) mass is 264 g/mol. The number of hydrogen-bond acceptors (Lipinski definition) is 3. The third-order valence-corrected chi connectivity index (χ3v) is 5.84. The van der Waals surface area contributed by atoms with Crippen molar-refractivity contribution in [2.24, 2.45) is 11.1 Å². The maximum atomic E-state index is 5.87. The van der Waals surface area contributed by atoms with E-state index in [9.17, 15) is 0 Å². The fourth-order valence-electron chi connectivity index (χ4n) is 3.03. The summed E-state index contributed by atoms with van der Waals surface area (Å²) in [5.41, 5.74) is 7.77. The van der Waals surface area contributed by atoms with Crippen LogP contribution in [-0.2, 0) is 6.54 Å². The molecule has 2 aliphatic rings. The van der Waals surface area contributed by atoms with Gasteiger partial charge in [-0.2, -0.15) is 0 Å². The first-order valence-electron chi connectivity index (χ1n) is 7.28. The zero-order valence-electron chi connectivity index (χ0n) is 11.5. The Morgan fingerprint density at radius 1 is 1.17 bits per heavy atom. The molecule has 0 radical (unpaired) electrons. The summed E-state index contributed by atoms with van der Waals surface area (Å²) < 4.78 is 0. The van der Waals surface area contributed by atoms with E-state index in [1.807, 2.05) is 11.3 Å². The van der Waals surface area contributed by atoms with Crippen molar-refractivity contribution in [1.29, 1.82) is 0 Å². The van der Waals surface area contributed by atoms with Gasteiger partial charge in [-0.15, -0.1) is 11.3 Å². The molecule has 0 aliphatic heterocycles. The quantitative estimate of drug-likeness (QED) is 0.890. The number of nitrogens with two attached hydrogens (primary N) is 1. The van der Waals surface area contributed by atoms with E-state index in [0.717, 1.165) is 5.92 Å². The molecule has 0 amide bonds. The molecule has 3 heteroatoms. The Bertz CT molecular complexity index is 422. The summed E-state index contributed by atoms with van der Waals surface area (Å²) in [5.74, 6) is 1.45. The van der Waals surface area contributed by atoms with Gasteiger partial charge in [0.05, 0.1) is 10.7 Å². The molecule has 0 saturated heterocycles. The molecule has 18 heavy (non-hydrogen) atoms. The molecule has 1 aromatic rings. The summed E-state index contributed by atoms with van der Waals surface area (Å²) in [7, 11) is 0. The lowest BCUT2D eigenvalue weighted by Crippen LogP contribution is -2.20. The number of aromatic nitrogens is 1. The Hall–Kier alpha value is -0.410. The lowest BCUT2D eigenvalue weighted by atomic mass is 9.73. The smallest absolute Gasteiger partial charge is 0.0962 e. The second kappa shape index (κ2) is 4.61. The summed E-state index contributed by atoms with van der Waals surface area (Å²) in [6.45, 7) is 5.47. The molecule has 2 nitrogen and oxygen atoms in total. The SMILES string of the molecule is CC1(C)CCC(c2nc(C3CC3)c(CN)s2)CC1. The first-order chi connectivity index (χ1) is 8.59. The largest absolute Gasteiger partial charge is 0.326 e. The van der Waals surface area contributed by atoms with Crippen LogP contribution < -0.4 is 5.73 Å². The van der Waals surface area contributed by atoms with Crippen LogP contribution in [0.3, 0.4) is 0 Å². The molecule has 100 valence electrons. The Kier molecular flexibility index (Phi) is 3.23. The van der Waals surface area contributed by atoms with Crippen LogP contribution in [0.25, 0.3) is 0 Å². The maximum absolute atomic E-state index is 5.87. The summed E-state index contributed by atoms with van der Waals surface area (Å²) in [5, 5.41) is 1.38. The molecular formula is C15H24N2S. The van der Waals surface area contributed by atoms with Crippen LogP contribution in [0, 0.1) is 5.41 Å². The number of hydrogen-bond donors (Lipinski definition) is 1. The van der Waals surface area contributed by atoms with Crippen molar-refractivity contribution in [1.82, 2.24) is 4.98 Å². The minimum Gasteiger partial charge on any atom is -0.326 e. The highest BCUT2D eigenvalue weighted by molar-refractivity contribution is 7.11. The number of thiazole rings is 1. The van der Waals surface area contributed by atoms with Crippen molar-refractivity contribution in [2.75, 3.05) is 0 Å². The number of rotatable bonds is 3. The van der Waals surface area contributed by atoms with Gasteiger partial charge in [-0.1, -0.05) is 13.8 Å². The highest BCUT2D eigenvalue weighted by atomic mass is 32.1. The molecule has 2 saturated carbocycles. The molecule has 1 heterocycles. The molecule has 0 bridgehead atoms. The zero-order chi connectivity index (χ0) is 12.8. The zero-order valence-corrected chi connectivity index (χ0v) is 12.4. The topological polar surface area (TPSA) is 38.9 Å². The van der Waals surface area contributed by atoms with Gasteiger partial charge in [-0.05, 0) is 43.9 Å². The fourth-order valence-corrected chi connectivity index (χ4v) is 4.22. The third-order valence-electron chi connectivity index (χ3n) is 4.58. The normalized spacial score (nSPS) is 24.4. The van der Waals surface area contributed by atoms with E-state index in [2.05, 4.69) is 13.8 Å². The molecule has 0 aromatic carbocycles. The van der Waals surface area contributed by atoms with Gasteiger partial charge in [0.15, 0.2) is 0 Å². The highest BCUT2D eigenvalue weighted by Gasteiger charge is 2.33. The molecular weight excluding hydrogens is 240 g/mol. The van der Waals surface area contributed by atoms with E-state index >= 15 is 0 Å². The van der Waals surface area contributed by atoms with Crippen LogP contribution in [0.1, 0.15) is 79.8 Å². The van der Waals surface area contributed by atoms with Gasteiger partial charge in [0.25, 0.3) is 0 Å². The van der Waals surface area contributed by atoms with Crippen molar-refractivity contribution in [3.8, 4) is 0 Å². The summed E-state index contributed by atoms with van der Waals surface area (Å²) in [4.78, 5) is 6.31. The Morgan fingerprint density at radius 3 is 2.39 bits per heavy atom. The van der Waals surface area contributed by atoms with Crippen LogP contribution in [0.2, 0.25) is 0 Å². The van der Waals surface area contributed by atoms with Gasteiger partial charge in [-0.3, -0.25) is 0 Å². The second-order valence-corrected chi connectivity index (χ2v) is 7.89. The average Bonchev–Trinajstić information content (AvgIpc) is 3.09. The molecule has 0 unspecified atom stereocenters. The highest BCUT2D eigenvalue weighted by Crippen LogP contribution is 2.47. The second-order valence-electron chi connectivity index (χ2n) is 6.78. The fraction of sp³-hybridized carbons (Fsp3) is 0.800. The van der Waals surface area contributed by atoms with Crippen molar-refractivity contribution in [2.45, 2.75) is 70.8 Å². The van der Waals surface area contributed by atoms with Crippen LogP contribution in [0.4, 0.5) is 0 Å². The van der Waals surface area contributed by atoms with Gasteiger partial charge in [0.2, 0.25) is 0 Å². The van der Waals surface area contributed by atoms with Gasteiger partial charge in [-0.25, -0.2) is 4.98 Å². The van der Waals surface area contributed by atoms with Crippen molar-refractivity contribution in [3.63, 3.8) is 0 Å². The van der Waals surface area contributed by atoms with Gasteiger partial charge in [0, 0.05) is 23.3 Å². The molecule has 3 rings (SSSR count). The van der Waals surface area contributed by atoms with Crippen molar-refractivity contribution in [3.05, 3.63) is 15.6 Å². The van der Waals surface area contributed by atoms with E-state index in [-0.39, 0.29) is 0 Å². The number of nitrogens with zero attached hydrogens (tertiary/aromatic N) is 1. The lowest BCUT2D eigenvalue weighted by Gasteiger charge is -2.33. The molecule has 2 N–H and O–H groups in total. The minimum absolute atomic E-state index is 0.545. The van der Waals surface area contributed by atoms with E-state index in [1.165, 1.54) is 54.1 Å². The minimum atomic E-state index is 0.545. The van der Waals surface area contributed by atoms with Gasteiger partial charge >= 0.3 is 0 Å². The maximum Gasteiger partial charge on any atom is 0.0962 e. The van der Waals surface area contributed by atoms with E-state index < -0.39 is 0 Å². The van der Waals surface area contributed by atoms with Crippen LogP contribution in [0.15, 0.2) is 0 Å². The predicted molar refractivity (Wildman–Crippen MR) is 77.0 cm³/mol. The lowest BCUT2D eigenvalue weighted by molar-refractivity contribution is 0.224. The molecule has 1 aromatic heterocycles. The van der Waals surface area contributed by atoms with E-state index in [0.29, 0.717) is 17.9 Å². The summed E-state index contributed by atoms with van der Waals surface area (Å²) in [6.07, 6.45) is 7.97. The van der Waals surface area contributed by atoms with Crippen molar-refractivity contribution < 1.29 is 0 Å². The molecule has 2 fully saturated rings. The summed E-state index contributed by atoms with van der Waals surface area (Å²) >= 11 is 1.90. The van der Waals surface area contributed by atoms with Crippen LogP contribution in [-0.4, -0.2) is 4.98 Å². The van der Waals surface area contributed by atoms with Crippen LogP contribution in [0.5, 0.6) is 0 Å². The molecule has 0 spiro atoms. The third kappa shape index (κ3) is 2.48. The first kappa shape index (κ1) is 12.6. The van der Waals surface area contributed by atoms with Gasteiger partial charge < -0.3 is 5.73 Å². The van der Waals surface area contributed by atoms with Crippen LogP contribution >= 0.6 is 11.3 Å².